The number of nitrogens with two attached hydrogens (primary N) is 1. The van der Waals surface area contributed by atoms with Gasteiger partial charge >= 0.3 is 0 Å². The van der Waals surface area contributed by atoms with Crippen molar-refractivity contribution in [1.29, 1.82) is 0 Å². The van der Waals surface area contributed by atoms with E-state index in [2.05, 4.69) is 5.32 Å². The minimum atomic E-state index is -1.27. The summed E-state index contributed by atoms with van der Waals surface area (Å²) in [5, 5.41) is 14.7. The first-order valence-electron chi connectivity index (χ1n) is 7.95. The van der Waals surface area contributed by atoms with E-state index in [1.807, 2.05) is 60.7 Å². The molecule has 0 bridgehead atoms. The normalized spacial score (nSPS) is 21.8. The summed E-state index contributed by atoms with van der Waals surface area (Å²) in [6.45, 7) is 1.17. The first kappa shape index (κ1) is 15.7. The Labute approximate surface area is 136 Å². The van der Waals surface area contributed by atoms with Gasteiger partial charge in [-0.3, -0.25) is 4.79 Å². The molecule has 1 aliphatic heterocycles. The highest BCUT2D eigenvalue weighted by Crippen LogP contribution is 2.44. The lowest BCUT2D eigenvalue weighted by atomic mass is 9.60. The lowest BCUT2D eigenvalue weighted by Gasteiger charge is -2.48. The number of hydrogen-bond acceptors (Lipinski definition) is 3. The topological polar surface area (TPSA) is 75.4 Å². The van der Waals surface area contributed by atoms with E-state index < -0.39 is 16.9 Å². The largest absolute Gasteiger partial charge is 0.387 e. The van der Waals surface area contributed by atoms with Crippen molar-refractivity contribution in [2.75, 3.05) is 13.1 Å². The van der Waals surface area contributed by atoms with E-state index in [-0.39, 0.29) is 0 Å². The number of carbonyl (C=O) groups excluding carboxylic acids is 1. The van der Waals surface area contributed by atoms with Crippen LogP contribution in [-0.2, 0) is 10.2 Å². The number of hydrogen-bond donors (Lipinski definition) is 3. The molecule has 1 saturated heterocycles. The zero-order valence-corrected chi connectivity index (χ0v) is 13.0. The SMILES string of the molecule is NC(=O)C(c1ccccc1)(c1ccccc1)[C@@]1(O)CCCNC1. The molecule has 4 N–H and O–H groups in total. The highest BCUT2D eigenvalue weighted by Gasteiger charge is 2.57. The summed E-state index contributed by atoms with van der Waals surface area (Å²) >= 11 is 0. The number of carbonyl (C=O) groups is 1. The molecule has 1 heterocycles. The maximum Gasteiger partial charge on any atom is 0.235 e. The Morgan fingerprint density at radius 2 is 1.57 bits per heavy atom. The second-order valence-corrected chi connectivity index (χ2v) is 6.16. The van der Waals surface area contributed by atoms with E-state index in [4.69, 9.17) is 5.73 Å². The molecule has 1 fully saturated rings. The van der Waals surface area contributed by atoms with Crippen LogP contribution in [0, 0.1) is 0 Å². The van der Waals surface area contributed by atoms with Crippen molar-refractivity contribution in [3.05, 3.63) is 71.8 Å². The van der Waals surface area contributed by atoms with Crippen molar-refractivity contribution in [1.82, 2.24) is 5.32 Å². The average molecular weight is 310 g/mol. The number of aliphatic hydroxyl groups is 1. The van der Waals surface area contributed by atoms with Crippen LogP contribution in [0.2, 0.25) is 0 Å². The highest BCUT2D eigenvalue weighted by molar-refractivity contribution is 5.92. The minimum Gasteiger partial charge on any atom is -0.387 e. The van der Waals surface area contributed by atoms with Crippen LogP contribution in [0.4, 0.5) is 0 Å². The number of nitrogens with one attached hydrogen (secondary N) is 1. The number of β-amino-alcohol motifs (C(OH)–C–C–N with tert-alkyl or cyclic N) is 1. The summed E-state index contributed by atoms with van der Waals surface area (Å²) in [4.78, 5) is 12.8. The number of amides is 1. The zero-order chi connectivity index (χ0) is 16.3. The molecule has 4 heteroatoms. The van der Waals surface area contributed by atoms with Gasteiger partial charge in [0.1, 0.15) is 5.41 Å². The van der Waals surface area contributed by atoms with Gasteiger partial charge in [-0.05, 0) is 30.5 Å². The Balaban J connectivity index is 2.29. The summed E-state index contributed by atoms with van der Waals surface area (Å²) in [5.41, 5.74) is 4.84. The van der Waals surface area contributed by atoms with Gasteiger partial charge in [0.05, 0.1) is 5.60 Å². The summed E-state index contributed by atoms with van der Waals surface area (Å²) < 4.78 is 0. The van der Waals surface area contributed by atoms with Gasteiger partial charge in [-0.25, -0.2) is 0 Å². The van der Waals surface area contributed by atoms with E-state index in [0.717, 1.165) is 24.1 Å². The quantitative estimate of drug-likeness (QED) is 0.802. The molecule has 0 saturated carbocycles. The van der Waals surface area contributed by atoms with Crippen molar-refractivity contribution >= 4 is 5.91 Å². The number of rotatable bonds is 4. The summed E-state index contributed by atoms with van der Waals surface area (Å²) in [6.07, 6.45) is 1.32. The Bertz CT molecular complexity index is 625. The summed E-state index contributed by atoms with van der Waals surface area (Å²) in [5.74, 6) is -0.527. The van der Waals surface area contributed by atoms with Crippen LogP contribution in [0.5, 0.6) is 0 Å². The molecule has 0 aromatic heterocycles. The van der Waals surface area contributed by atoms with Gasteiger partial charge in [-0.2, -0.15) is 0 Å². The molecule has 1 amide bonds. The van der Waals surface area contributed by atoms with Crippen LogP contribution in [-0.4, -0.2) is 29.7 Å². The standard InChI is InChI=1S/C19H22N2O2/c20-17(22)19(15-8-3-1-4-9-15,16-10-5-2-6-11-16)18(23)12-7-13-21-14-18/h1-6,8-11,21,23H,7,12-14H2,(H2,20,22)/t18-/m1/s1. The highest BCUT2D eigenvalue weighted by atomic mass is 16.3. The number of benzene rings is 2. The Hall–Kier alpha value is -2.17. The fraction of sp³-hybridized carbons (Fsp3) is 0.316. The molecule has 1 atom stereocenters. The lowest BCUT2D eigenvalue weighted by molar-refractivity contribution is -0.134. The molecule has 2 aromatic carbocycles. The van der Waals surface area contributed by atoms with Gasteiger partial charge in [0.2, 0.25) is 5.91 Å². The van der Waals surface area contributed by atoms with Gasteiger partial charge in [0.25, 0.3) is 0 Å². The molecule has 120 valence electrons. The van der Waals surface area contributed by atoms with Crippen LogP contribution in [0.25, 0.3) is 0 Å². The summed E-state index contributed by atoms with van der Waals surface area (Å²) in [6, 6.07) is 18.7. The average Bonchev–Trinajstić information content (AvgIpc) is 2.57. The van der Waals surface area contributed by atoms with E-state index in [1.54, 1.807) is 0 Å². The predicted molar refractivity (Wildman–Crippen MR) is 89.9 cm³/mol. The third kappa shape index (κ3) is 2.44. The molecule has 0 spiro atoms. The van der Waals surface area contributed by atoms with Gasteiger partial charge < -0.3 is 16.2 Å². The monoisotopic (exact) mass is 310 g/mol. The molecule has 2 aromatic rings. The predicted octanol–water partition coefficient (Wildman–Crippen LogP) is 1.57. The fourth-order valence-corrected chi connectivity index (χ4v) is 3.80. The minimum absolute atomic E-state index is 0.333. The van der Waals surface area contributed by atoms with Crippen molar-refractivity contribution in [3.63, 3.8) is 0 Å². The molecule has 23 heavy (non-hydrogen) atoms. The molecule has 0 aliphatic carbocycles. The van der Waals surface area contributed by atoms with Crippen molar-refractivity contribution < 1.29 is 9.90 Å². The summed E-state index contributed by atoms with van der Waals surface area (Å²) in [7, 11) is 0. The van der Waals surface area contributed by atoms with Crippen molar-refractivity contribution in [3.8, 4) is 0 Å². The number of primary amides is 1. The van der Waals surface area contributed by atoms with Crippen molar-refractivity contribution in [2.45, 2.75) is 23.9 Å². The number of piperidine rings is 1. The van der Waals surface area contributed by atoms with Gasteiger partial charge in [0, 0.05) is 6.54 Å². The van der Waals surface area contributed by atoms with Gasteiger partial charge in [0.15, 0.2) is 0 Å². The molecule has 0 unspecified atom stereocenters. The maximum atomic E-state index is 12.8. The van der Waals surface area contributed by atoms with E-state index in [1.165, 1.54) is 0 Å². The molecule has 3 rings (SSSR count). The molecule has 0 radical (unpaired) electrons. The first-order chi connectivity index (χ1) is 11.1. The zero-order valence-electron chi connectivity index (χ0n) is 13.0. The lowest BCUT2D eigenvalue weighted by Crippen LogP contribution is -2.65. The maximum absolute atomic E-state index is 12.8. The molecule has 4 nitrogen and oxygen atoms in total. The molecule has 1 aliphatic rings. The van der Waals surface area contributed by atoms with E-state index in [9.17, 15) is 9.90 Å². The van der Waals surface area contributed by atoms with E-state index >= 15 is 0 Å². The fourth-order valence-electron chi connectivity index (χ4n) is 3.80. The van der Waals surface area contributed by atoms with Crippen LogP contribution in [0.3, 0.4) is 0 Å². The van der Waals surface area contributed by atoms with Gasteiger partial charge in [-0.1, -0.05) is 60.7 Å². The molecular formula is C19H22N2O2. The Kier molecular flexibility index (Phi) is 4.20. The Morgan fingerprint density at radius 1 is 1.04 bits per heavy atom. The van der Waals surface area contributed by atoms with Crippen LogP contribution in [0.1, 0.15) is 24.0 Å². The van der Waals surface area contributed by atoms with Crippen LogP contribution < -0.4 is 11.1 Å². The first-order valence-corrected chi connectivity index (χ1v) is 7.95. The van der Waals surface area contributed by atoms with Crippen LogP contribution in [0.15, 0.2) is 60.7 Å². The Morgan fingerprint density at radius 3 is 1.96 bits per heavy atom. The third-order valence-corrected chi connectivity index (χ3v) is 4.84. The van der Waals surface area contributed by atoms with E-state index in [0.29, 0.717) is 13.0 Å². The van der Waals surface area contributed by atoms with Crippen molar-refractivity contribution in [2.24, 2.45) is 5.73 Å². The third-order valence-electron chi connectivity index (χ3n) is 4.84. The smallest absolute Gasteiger partial charge is 0.235 e. The second-order valence-electron chi connectivity index (χ2n) is 6.16. The van der Waals surface area contributed by atoms with Gasteiger partial charge in [-0.15, -0.1) is 0 Å². The van der Waals surface area contributed by atoms with Crippen LogP contribution >= 0.6 is 0 Å². The molecular weight excluding hydrogens is 288 g/mol. The second kappa shape index (κ2) is 6.14.